The molecular weight excluding hydrogens is 392 g/mol. The van der Waals surface area contributed by atoms with Crippen LogP contribution >= 0.6 is 0 Å². The molecule has 0 saturated carbocycles. The van der Waals surface area contributed by atoms with Crippen molar-refractivity contribution in [2.24, 2.45) is 0 Å². The van der Waals surface area contributed by atoms with Crippen LogP contribution in [0.5, 0.6) is 5.75 Å². The number of fused-ring (bicyclic) bond motifs is 1. The van der Waals surface area contributed by atoms with Crippen LogP contribution < -0.4 is 15.4 Å². The minimum Gasteiger partial charge on any atom is -0.497 e. The third-order valence-electron chi connectivity index (χ3n) is 5.88. The van der Waals surface area contributed by atoms with E-state index in [1.807, 2.05) is 48.2 Å². The van der Waals surface area contributed by atoms with Crippen molar-refractivity contribution >= 4 is 28.5 Å². The molecule has 31 heavy (non-hydrogen) atoms. The summed E-state index contributed by atoms with van der Waals surface area (Å²) in [6.07, 6.45) is 3.86. The van der Waals surface area contributed by atoms with Crippen LogP contribution in [0.25, 0.3) is 10.9 Å². The molecule has 1 saturated heterocycles. The second-order valence-corrected chi connectivity index (χ2v) is 7.99. The molecule has 7 heteroatoms. The number of aryl methyl sites for hydroxylation is 1. The largest absolute Gasteiger partial charge is 0.497 e. The number of anilines is 1. The van der Waals surface area contributed by atoms with Gasteiger partial charge in [0, 0.05) is 35.9 Å². The van der Waals surface area contributed by atoms with E-state index in [4.69, 9.17) is 4.74 Å². The lowest BCUT2D eigenvalue weighted by Crippen LogP contribution is -2.44. The number of urea groups is 1. The highest BCUT2D eigenvalue weighted by Gasteiger charge is 2.25. The quantitative estimate of drug-likeness (QED) is 0.583. The van der Waals surface area contributed by atoms with Crippen LogP contribution in [0, 0.1) is 6.92 Å². The number of nitrogens with zero attached hydrogens (tertiary/aromatic N) is 1. The van der Waals surface area contributed by atoms with Gasteiger partial charge >= 0.3 is 6.03 Å². The summed E-state index contributed by atoms with van der Waals surface area (Å²) < 4.78 is 5.37. The molecule has 2 heterocycles. The van der Waals surface area contributed by atoms with Gasteiger partial charge in [0.05, 0.1) is 13.7 Å². The van der Waals surface area contributed by atoms with Crippen molar-refractivity contribution in [3.8, 4) is 5.75 Å². The van der Waals surface area contributed by atoms with E-state index in [1.165, 1.54) is 10.9 Å². The highest BCUT2D eigenvalue weighted by atomic mass is 16.5. The normalized spacial score (nSPS) is 14.5. The fraction of sp³-hybridized carbons (Fsp3) is 0.333. The lowest BCUT2D eigenvalue weighted by atomic mass is 9.89. The maximum Gasteiger partial charge on any atom is 0.319 e. The van der Waals surface area contributed by atoms with Crippen molar-refractivity contribution in [2.45, 2.75) is 25.7 Å². The number of hydrogen-bond donors (Lipinski definition) is 3. The number of likely N-dealkylation sites (tertiary alicyclic amines) is 1. The molecule has 1 aromatic heterocycles. The number of benzene rings is 2. The fourth-order valence-electron chi connectivity index (χ4n) is 4.19. The Bertz CT molecular complexity index is 1080. The van der Waals surface area contributed by atoms with E-state index in [9.17, 15) is 9.59 Å². The monoisotopic (exact) mass is 420 g/mol. The van der Waals surface area contributed by atoms with Gasteiger partial charge in [0.25, 0.3) is 0 Å². The van der Waals surface area contributed by atoms with Gasteiger partial charge in [0.1, 0.15) is 5.75 Å². The van der Waals surface area contributed by atoms with Crippen molar-refractivity contribution in [1.29, 1.82) is 0 Å². The first-order valence-corrected chi connectivity index (χ1v) is 10.6. The molecule has 1 aliphatic heterocycles. The van der Waals surface area contributed by atoms with Gasteiger partial charge in [0.15, 0.2) is 0 Å². The van der Waals surface area contributed by atoms with E-state index in [1.54, 1.807) is 7.11 Å². The predicted octanol–water partition coefficient (Wildman–Crippen LogP) is 4.01. The van der Waals surface area contributed by atoms with Crippen LogP contribution in [0.4, 0.5) is 10.5 Å². The summed E-state index contributed by atoms with van der Waals surface area (Å²) in [5.74, 6) is 1.18. The summed E-state index contributed by atoms with van der Waals surface area (Å²) in [7, 11) is 1.67. The Morgan fingerprint density at radius 2 is 1.97 bits per heavy atom. The average molecular weight is 421 g/mol. The number of H-pyrrole nitrogens is 1. The minimum absolute atomic E-state index is 0.00734. The Labute approximate surface area is 181 Å². The number of amides is 3. The Morgan fingerprint density at radius 3 is 2.71 bits per heavy atom. The van der Waals surface area contributed by atoms with E-state index in [2.05, 4.69) is 27.9 Å². The number of rotatable bonds is 5. The Kier molecular flexibility index (Phi) is 6.11. The SMILES string of the molecule is COc1ccc2[nH]cc(C3CCN(C(=O)CNC(=O)Nc4cccc(C)c4)CC3)c2c1. The number of methoxy groups -OCH3 is 1. The Balaban J connectivity index is 1.28. The number of piperidine rings is 1. The molecule has 0 spiro atoms. The van der Waals surface area contributed by atoms with Crippen molar-refractivity contribution in [1.82, 2.24) is 15.2 Å². The molecule has 162 valence electrons. The first-order valence-electron chi connectivity index (χ1n) is 10.6. The number of aromatic amines is 1. The summed E-state index contributed by atoms with van der Waals surface area (Å²) in [5.41, 5.74) is 4.14. The second kappa shape index (κ2) is 9.12. The average Bonchev–Trinajstić information content (AvgIpc) is 3.20. The van der Waals surface area contributed by atoms with Gasteiger partial charge in [-0.25, -0.2) is 4.79 Å². The third-order valence-corrected chi connectivity index (χ3v) is 5.88. The van der Waals surface area contributed by atoms with Crippen molar-refractivity contribution in [3.05, 3.63) is 59.8 Å². The van der Waals surface area contributed by atoms with Crippen LogP contribution in [0.1, 0.15) is 29.9 Å². The lowest BCUT2D eigenvalue weighted by Gasteiger charge is -2.32. The summed E-state index contributed by atoms with van der Waals surface area (Å²) >= 11 is 0. The molecule has 3 aromatic rings. The molecular formula is C24H28N4O3. The van der Waals surface area contributed by atoms with Gasteiger partial charge in [0.2, 0.25) is 5.91 Å². The number of aromatic nitrogens is 1. The molecule has 3 amide bonds. The van der Waals surface area contributed by atoms with Gasteiger partial charge in [-0.2, -0.15) is 0 Å². The van der Waals surface area contributed by atoms with E-state index in [0.717, 1.165) is 29.7 Å². The molecule has 1 aliphatic rings. The van der Waals surface area contributed by atoms with Crippen LogP contribution in [-0.2, 0) is 4.79 Å². The van der Waals surface area contributed by atoms with Crippen molar-refractivity contribution in [2.75, 3.05) is 32.1 Å². The van der Waals surface area contributed by atoms with Crippen molar-refractivity contribution in [3.63, 3.8) is 0 Å². The zero-order valence-electron chi connectivity index (χ0n) is 17.9. The van der Waals surface area contributed by atoms with Crippen molar-refractivity contribution < 1.29 is 14.3 Å². The fourth-order valence-corrected chi connectivity index (χ4v) is 4.19. The zero-order chi connectivity index (χ0) is 21.8. The maximum atomic E-state index is 12.6. The smallest absolute Gasteiger partial charge is 0.319 e. The Morgan fingerprint density at radius 1 is 1.16 bits per heavy atom. The molecule has 0 radical (unpaired) electrons. The lowest BCUT2D eigenvalue weighted by molar-refractivity contribution is -0.131. The maximum absolute atomic E-state index is 12.6. The molecule has 0 aliphatic carbocycles. The molecule has 7 nitrogen and oxygen atoms in total. The highest BCUT2D eigenvalue weighted by Crippen LogP contribution is 2.34. The number of carbonyl (C=O) groups excluding carboxylic acids is 2. The van der Waals surface area contributed by atoms with Gasteiger partial charge in [-0.15, -0.1) is 0 Å². The molecule has 0 atom stereocenters. The summed E-state index contributed by atoms with van der Waals surface area (Å²) in [6.45, 7) is 3.32. The van der Waals surface area contributed by atoms with Gasteiger partial charge < -0.3 is 25.3 Å². The summed E-state index contributed by atoms with van der Waals surface area (Å²) in [4.78, 5) is 29.8. The predicted molar refractivity (Wildman–Crippen MR) is 122 cm³/mol. The van der Waals surface area contributed by atoms with Gasteiger partial charge in [-0.3, -0.25) is 4.79 Å². The van der Waals surface area contributed by atoms with Crippen LogP contribution in [0.2, 0.25) is 0 Å². The van der Waals surface area contributed by atoms with E-state index in [-0.39, 0.29) is 18.5 Å². The number of nitrogens with one attached hydrogen (secondary N) is 3. The van der Waals surface area contributed by atoms with E-state index < -0.39 is 0 Å². The molecule has 1 fully saturated rings. The highest BCUT2D eigenvalue weighted by molar-refractivity contribution is 5.92. The summed E-state index contributed by atoms with van der Waals surface area (Å²) in [6, 6.07) is 13.2. The van der Waals surface area contributed by atoms with E-state index in [0.29, 0.717) is 24.7 Å². The van der Waals surface area contributed by atoms with E-state index >= 15 is 0 Å². The van der Waals surface area contributed by atoms with Gasteiger partial charge in [-0.1, -0.05) is 12.1 Å². The van der Waals surface area contributed by atoms with Crippen LogP contribution in [0.3, 0.4) is 0 Å². The topological polar surface area (TPSA) is 86.5 Å². The second-order valence-electron chi connectivity index (χ2n) is 7.99. The molecule has 3 N–H and O–H groups in total. The molecule has 4 rings (SSSR count). The standard InChI is InChI=1S/C24H28N4O3/c1-16-4-3-5-18(12-16)27-24(30)26-15-23(29)28-10-8-17(9-11-28)21-14-25-22-7-6-19(31-2)13-20(21)22/h3-7,12-14,17,25H,8-11,15H2,1-2H3,(H2,26,27,30). The minimum atomic E-state index is -0.374. The zero-order valence-corrected chi connectivity index (χ0v) is 17.9. The third kappa shape index (κ3) is 4.82. The van der Waals surface area contributed by atoms with Crippen LogP contribution in [0.15, 0.2) is 48.7 Å². The first-order chi connectivity index (χ1) is 15.0. The number of hydrogen-bond acceptors (Lipinski definition) is 3. The number of ether oxygens (including phenoxy) is 1. The molecule has 0 bridgehead atoms. The molecule has 2 aromatic carbocycles. The summed E-state index contributed by atoms with van der Waals surface area (Å²) in [5, 5.41) is 6.60. The first kappa shape index (κ1) is 20.8. The molecule has 0 unspecified atom stereocenters. The van der Waals surface area contributed by atoms with Gasteiger partial charge in [-0.05, 0) is 67.1 Å². The Hall–Kier alpha value is -3.48. The number of carbonyl (C=O) groups is 2. The van der Waals surface area contributed by atoms with Crippen LogP contribution in [-0.4, -0.2) is 48.6 Å².